The molecule has 2 aromatic heterocycles. The van der Waals surface area contributed by atoms with Gasteiger partial charge in [0.15, 0.2) is 22.9 Å². The van der Waals surface area contributed by atoms with Crippen LogP contribution in [0.2, 0.25) is 0 Å². The van der Waals surface area contributed by atoms with Gasteiger partial charge in [-0.25, -0.2) is 4.98 Å². The topological polar surface area (TPSA) is 91.2 Å². The first-order chi connectivity index (χ1) is 8.97. The van der Waals surface area contributed by atoms with E-state index in [4.69, 9.17) is 10.5 Å². The van der Waals surface area contributed by atoms with Crippen LogP contribution in [-0.4, -0.2) is 19.7 Å². The molecule has 0 aliphatic heterocycles. The van der Waals surface area contributed by atoms with E-state index in [-0.39, 0.29) is 17.2 Å². The lowest BCUT2D eigenvalue weighted by atomic mass is 10.3. The van der Waals surface area contributed by atoms with Crippen molar-refractivity contribution in [3.05, 3.63) is 35.5 Å². The average molecular weight is 264 g/mol. The maximum absolute atomic E-state index is 12.3. The molecule has 0 saturated carbocycles. The van der Waals surface area contributed by atoms with Gasteiger partial charge in [0.05, 0.1) is 0 Å². The van der Waals surface area contributed by atoms with Crippen molar-refractivity contribution < 1.29 is 13.2 Å². The van der Waals surface area contributed by atoms with Gasteiger partial charge in [0.2, 0.25) is 0 Å². The number of hydrogen-bond donors (Lipinski definition) is 0. The first kappa shape index (κ1) is 12.5. The lowest BCUT2D eigenvalue weighted by Crippen LogP contribution is -2.10. The van der Waals surface area contributed by atoms with Crippen LogP contribution in [-0.2, 0) is 6.18 Å². The minimum Gasteiger partial charge on any atom is -0.271 e. The van der Waals surface area contributed by atoms with Crippen molar-refractivity contribution in [3.63, 3.8) is 0 Å². The van der Waals surface area contributed by atoms with Crippen molar-refractivity contribution in [3.8, 4) is 18.0 Å². The second-order valence-corrected chi connectivity index (χ2v) is 3.31. The summed E-state index contributed by atoms with van der Waals surface area (Å²) in [5.41, 5.74) is -1.39. The van der Waals surface area contributed by atoms with Crippen LogP contribution in [0.5, 0.6) is 0 Å². The predicted octanol–water partition coefficient (Wildman–Crippen LogP) is 1.42. The van der Waals surface area contributed by atoms with Crippen molar-refractivity contribution in [1.29, 1.82) is 10.5 Å². The minimum atomic E-state index is -4.59. The molecule has 0 amide bonds. The Hall–Kier alpha value is -2.94. The third-order valence-corrected chi connectivity index (χ3v) is 2.17. The summed E-state index contributed by atoms with van der Waals surface area (Å²) in [6, 6.07) is 5.19. The number of hydrogen-bond acceptors (Lipinski definition) is 5. The predicted molar refractivity (Wildman–Crippen MR) is 53.6 cm³/mol. The molecule has 0 aromatic carbocycles. The van der Waals surface area contributed by atoms with E-state index in [1.807, 2.05) is 0 Å². The van der Waals surface area contributed by atoms with Crippen LogP contribution in [0, 0.1) is 22.7 Å². The molecule has 0 radical (unpaired) electrons. The SMILES string of the molecule is N#Cc1ncn(-c2ccc(C(F)(F)F)nn2)c1C#N. The molecule has 0 aliphatic rings. The van der Waals surface area contributed by atoms with Crippen LogP contribution in [0.15, 0.2) is 18.5 Å². The zero-order valence-electron chi connectivity index (χ0n) is 9.05. The zero-order valence-corrected chi connectivity index (χ0v) is 9.05. The van der Waals surface area contributed by atoms with Gasteiger partial charge in [0, 0.05) is 0 Å². The summed E-state index contributed by atoms with van der Waals surface area (Å²) in [6.07, 6.45) is -3.47. The van der Waals surface area contributed by atoms with Gasteiger partial charge in [-0.2, -0.15) is 23.7 Å². The van der Waals surface area contributed by atoms with Gasteiger partial charge < -0.3 is 0 Å². The normalized spacial score (nSPS) is 10.8. The Kier molecular flexibility index (Phi) is 2.89. The Labute approximate surface area is 104 Å². The number of imidazole rings is 1. The molecule has 0 saturated heterocycles. The van der Waals surface area contributed by atoms with Crippen LogP contribution in [0.1, 0.15) is 17.1 Å². The van der Waals surface area contributed by atoms with E-state index in [1.54, 1.807) is 12.1 Å². The van der Waals surface area contributed by atoms with Gasteiger partial charge in [-0.1, -0.05) is 0 Å². The molecule has 0 bridgehead atoms. The molecule has 0 fully saturated rings. The van der Waals surface area contributed by atoms with Gasteiger partial charge in [0.25, 0.3) is 0 Å². The van der Waals surface area contributed by atoms with E-state index in [0.29, 0.717) is 0 Å². The molecule has 0 N–H and O–H groups in total. The molecule has 94 valence electrons. The summed E-state index contributed by atoms with van der Waals surface area (Å²) in [5.74, 6) is -0.0291. The maximum atomic E-state index is 12.3. The highest BCUT2D eigenvalue weighted by Crippen LogP contribution is 2.27. The van der Waals surface area contributed by atoms with E-state index in [1.165, 1.54) is 0 Å². The number of nitriles is 2. The number of nitrogens with zero attached hydrogens (tertiary/aromatic N) is 6. The highest BCUT2D eigenvalue weighted by molar-refractivity contribution is 5.41. The molecular weight excluding hydrogens is 261 g/mol. The van der Waals surface area contributed by atoms with Crippen molar-refractivity contribution >= 4 is 0 Å². The second kappa shape index (κ2) is 4.38. The second-order valence-electron chi connectivity index (χ2n) is 3.31. The lowest BCUT2D eigenvalue weighted by molar-refractivity contribution is -0.141. The molecule has 19 heavy (non-hydrogen) atoms. The molecule has 0 spiro atoms. The van der Waals surface area contributed by atoms with E-state index in [2.05, 4.69) is 15.2 Å². The first-order valence-corrected chi connectivity index (χ1v) is 4.76. The van der Waals surface area contributed by atoms with E-state index < -0.39 is 11.9 Å². The first-order valence-electron chi connectivity index (χ1n) is 4.76. The summed E-state index contributed by atoms with van der Waals surface area (Å²) >= 11 is 0. The number of alkyl halides is 3. The third-order valence-electron chi connectivity index (χ3n) is 2.17. The molecular formula is C10H3F3N6. The molecule has 6 nitrogen and oxygen atoms in total. The van der Waals surface area contributed by atoms with Crippen LogP contribution < -0.4 is 0 Å². The Morgan fingerprint density at radius 1 is 1.11 bits per heavy atom. The van der Waals surface area contributed by atoms with Crippen LogP contribution in [0.4, 0.5) is 13.2 Å². The number of aromatic nitrogens is 4. The van der Waals surface area contributed by atoms with Crippen molar-refractivity contribution in [2.45, 2.75) is 6.18 Å². The molecule has 2 heterocycles. The Balaban J connectivity index is 2.48. The average Bonchev–Trinajstić information content (AvgIpc) is 2.80. The highest BCUT2D eigenvalue weighted by atomic mass is 19.4. The number of rotatable bonds is 1. The van der Waals surface area contributed by atoms with Crippen molar-refractivity contribution in [1.82, 2.24) is 19.7 Å². The fourth-order valence-electron chi connectivity index (χ4n) is 1.32. The third kappa shape index (κ3) is 2.21. The van der Waals surface area contributed by atoms with Crippen molar-refractivity contribution in [2.24, 2.45) is 0 Å². The minimum absolute atomic E-state index is 0.0291. The van der Waals surface area contributed by atoms with E-state index in [0.717, 1.165) is 23.0 Å². The van der Waals surface area contributed by atoms with Gasteiger partial charge in [-0.3, -0.25) is 4.57 Å². The zero-order chi connectivity index (χ0) is 14.0. The maximum Gasteiger partial charge on any atom is 0.435 e. The fraction of sp³-hybridized carbons (Fsp3) is 0.100. The smallest absolute Gasteiger partial charge is 0.271 e. The van der Waals surface area contributed by atoms with Crippen LogP contribution in [0.25, 0.3) is 5.82 Å². The summed E-state index contributed by atoms with van der Waals surface area (Å²) in [6.45, 7) is 0. The Bertz CT molecular complexity index is 686. The highest BCUT2D eigenvalue weighted by Gasteiger charge is 2.33. The molecule has 2 rings (SSSR count). The molecule has 9 heteroatoms. The Morgan fingerprint density at radius 3 is 2.32 bits per heavy atom. The summed E-state index contributed by atoms with van der Waals surface area (Å²) < 4.78 is 38.0. The van der Waals surface area contributed by atoms with E-state index in [9.17, 15) is 13.2 Å². The fourth-order valence-corrected chi connectivity index (χ4v) is 1.32. The molecule has 0 atom stereocenters. The van der Waals surface area contributed by atoms with Gasteiger partial charge >= 0.3 is 6.18 Å². The monoisotopic (exact) mass is 264 g/mol. The van der Waals surface area contributed by atoms with Crippen LogP contribution in [0.3, 0.4) is 0 Å². The molecule has 2 aromatic rings. The van der Waals surface area contributed by atoms with Gasteiger partial charge in [-0.15, -0.1) is 10.2 Å². The van der Waals surface area contributed by atoms with Crippen LogP contribution >= 0.6 is 0 Å². The van der Waals surface area contributed by atoms with Crippen molar-refractivity contribution in [2.75, 3.05) is 0 Å². The van der Waals surface area contributed by atoms with E-state index >= 15 is 0 Å². The van der Waals surface area contributed by atoms with Gasteiger partial charge in [0.1, 0.15) is 18.5 Å². The molecule has 0 unspecified atom stereocenters. The van der Waals surface area contributed by atoms with Gasteiger partial charge in [-0.05, 0) is 12.1 Å². The lowest BCUT2D eigenvalue weighted by Gasteiger charge is -2.05. The Morgan fingerprint density at radius 2 is 1.84 bits per heavy atom. The summed E-state index contributed by atoms with van der Waals surface area (Å²) in [7, 11) is 0. The standard InChI is InChI=1S/C10H3F3N6/c11-10(12,13)8-1-2-9(18-17-8)19-5-16-6(3-14)7(19)4-15/h1-2,5H. The molecule has 0 aliphatic carbocycles. The summed E-state index contributed by atoms with van der Waals surface area (Å²) in [4.78, 5) is 3.64. The summed E-state index contributed by atoms with van der Waals surface area (Å²) in [5, 5.41) is 24.0. The quantitative estimate of drug-likeness (QED) is 0.776. The number of halogens is 3. The largest absolute Gasteiger partial charge is 0.435 e.